The zero-order chi connectivity index (χ0) is 9.68. The topological polar surface area (TPSA) is 21.6 Å². The van der Waals surface area contributed by atoms with Gasteiger partial charge in [-0.1, -0.05) is 11.6 Å². The molecule has 0 aliphatic heterocycles. The predicted octanol–water partition coefficient (Wildman–Crippen LogP) is 2.70. The smallest absolute Gasteiger partial charge is 0.130 e. The lowest BCUT2D eigenvalue weighted by Crippen LogP contribution is -1.92. The van der Waals surface area contributed by atoms with Gasteiger partial charge < -0.3 is 4.74 Å². The molecule has 1 aromatic rings. The molecule has 0 radical (unpaired) electrons. The lowest BCUT2D eigenvalue weighted by Gasteiger charge is -2.00. The van der Waals surface area contributed by atoms with Gasteiger partial charge in [-0.25, -0.2) is 0 Å². The van der Waals surface area contributed by atoms with E-state index in [-0.39, 0.29) is 0 Å². The van der Waals surface area contributed by atoms with E-state index in [1.54, 1.807) is 7.11 Å². The largest absolute Gasteiger partial charge is 0.497 e. The standard InChI is InChI=1S/C10H12ClNO/c1-3-12-10(11)8-4-6-9(13-2)7-5-8/h4-7H,3H2,1-2H3/b12-10-. The summed E-state index contributed by atoms with van der Waals surface area (Å²) in [6, 6.07) is 7.51. The van der Waals surface area contributed by atoms with Crippen molar-refractivity contribution in [3.8, 4) is 5.75 Å². The van der Waals surface area contributed by atoms with Gasteiger partial charge in [0.15, 0.2) is 0 Å². The van der Waals surface area contributed by atoms with E-state index < -0.39 is 0 Å². The van der Waals surface area contributed by atoms with Crippen LogP contribution in [0.15, 0.2) is 29.3 Å². The van der Waals surface area contributed by atoms with Crippen LogP contribution in [0.2, 0.25) is 0 Å². The van der Waals surface area contributed by atoms with E-state index in [0.717, 1.165) is 11.3 Å². The molecule has 0 heterocycles. The molecule has 0 bridgehead atoms. The van der Waals surface area contributed by atoms with Crippen molar-refractivity contribution in [2.45, 2.75) is 6.92 Å². The summed E-state index contributed by atoms with van der Waals surface area (Å²) in [6.45, 7) is 2.65. The molecule has 0 aliphatic rings. The van der Waals surface area contributed by atoms with Crippen molar-refractivity contribution in [2.24, 2.45) is 4.99 Å². The molecular weight excluding hydrogens is 186 g/mol. The van der Waals surface area contributed by atoms with Gasteiger partial charge in [0.2, 0.25) is 0 Å². The Labute approximate surface area is 83.2 Å². The van der Waals surface area contributed by atoms with Gasteiger partial charge in [0.05, 0.1) is 7.11 Å². The average Bonchev–Trinajstić information content (AvgIpc) is 2.18. The van der Waals surface area contributed by atoms with Crippen molar-refractivity contribution in [1.82, 2.24) is 0 Å². The number of rotatable bonds is 3. The number of hydrogen-bond donors (Lipinski definition) is 0. The number of halogens is 1. The highest BCUT2D eigenvalue weighted by atomic mass is 35.5. The first-order valence-corrected chi connectivity index (χ1v) is 4.50. The molecule has 0 unspecified atom stereocenters. The van der Waals surface area contributed by atoms with Crippen LogP contribution >= 0.6 is 11.6 Å². The predicted molar refractivity (Wildman–Crippen MR) is 55.9 cm³/mol. The second-order valence-electron chi connectivity index (χ2n) is 2.49. The van der Waals surface area contributed by atoms with Crippen LogP contribution in [-0.4, -0.2) is 18.8 Å². The average molecular weight is 198 g/mol. The van der Waals surface area contributed by atoms with Gasteiger partial charge in [-0.3, -0.25) is 4.99 Å². The summed E-state index contributed by atoms with van der Waals surface area (Å²) < 4.78 is 5.03. The lowest BCUT2D eigenvalue weighted by molar-refractivity contribution is 0.415. The SMILES string of the molecule is CC/N=C(\Cl)c1ccc(OC)cc1. The minimum absolute atomic E-state index is 0.546. The van der Waals surface area contributed by atoms with Gasteiger partial charge >= 0.3 is 0 Å². The van der Waals surface area contributed by atoms with Crippen molar-refractivity contribution >= 4 is 16.8 Å². The minimum atomic E-state index is 0.546. The van der Waals surface area contributed by atoms with Crippen molar-refractivity contribution in [3.05, 3.63) is 29.8 Å². The van der Waals surface area contributed by atoms with Crippen LogP contribution in [0.1, 0.15) is 12.5 Å². The Morgan fingerprint density at radius 1 is 1.38 bits per heavy atom. The van der Waals surface area contributed by atoms with Crippen LogP contribution in [0.4, 0.5) is 0 Å². The highest BCUT2D eigenvalue weighted by molar-refractivity contribution is 6.69. The molecule has 0 aliphatic carbocycles. The second kappa shape index (κ2) is 4.87. The molecule has 70 valence electrons. The quantitative estimate of drug-likeness (QED) is 0.683. The molecule has 2 nitrogen and oxygen atoms in total. The van der Waals surface area contributed by atoms with Gasteiger partial charge in [0, 0.05) is 12.1 Å². The van der Waals surface area contributed by atoms with E-state index in [1.807, 2.05) is 31.2 Å². The molecule has 1 aromatic carbocycles. The summed E-state index contributed by atoms with van der Waals surface area (Å²) in [5.74, 6) is 0.824. The van der Waals surface area contributed by atoms with Crippen molar-refractivity contribution < 1.29 is 4.74 Å². The normalized spacial score (nSPS) is 11.5. The molecule has 0 saturated carbocycles. The fourth-order valence-electron chi connectivity index (χ4n) is 0.959. The Kier molecular flexibility index (Phi) is 3.77. The van der Waals surface area contributed by atoms with Crippen LogP contribution in [0, 0.1) is 0 Å². The molecule has 0 amide bonds. The first kappa shape index (κ1) is 10.1. The maximum absolute atomic E-state index is 5.91. The van der Waals surface area contributed by atoms with E-state index in [0.29, 0.717) is 11.7 Å². The van der Waals surface area contributed by atoms with Gasteiger partial charge in [-0.15, -0.1) is 0 Å². The summed E-state index contributed by atoms with van der Waals surface area (Å²) in [5, 5.41) is 0.546. The number of nitrogens with zero attached hydrogens (tertiary/aromatic N) is 1. The lowest BCUT2D eigenvalue weighted by atomic mass is 10.2. The van der Waals surface area contributed by atoms with Crippen molar-refractivity contribution in [2.75, 3.05) is 13.7 Å². The Morgan fingerprint density at radius 2 is 2.00 bits per heavy atom. The molecule has 3 heteroatoms. The van der Waals surface area contributed by atoms with Crippen LogP contribution in [0.25, 0.3) is 0 Å². The number of methoxy groups -OCH3 is 1. The third-order valence-electron chi connectivity index (χ3n) is 1.63. The van der Waals surface area contributed by atoms with E-state index >= 15 is 0 Å². The zero-order valence-electron chi connectivity index (χ0n) is 7.75. The summed E-state index contributed by atoms with van der Waals surface area (Å²) in [4.78, 5) is 4.09. The Balaban J connectivity index is 2.85. The fraction of sp³-hybridized carbons (Fsp3) is 0.300. The Hall–Kier alpha value is -1.02. The van der Waals surface area contributed by atoms with Crippen molar-refractivity contribution in [1.29, 1.82) is 0 Å². The zero-order valence-corrected chi connectivity index (χ0v) is 8.51. The van der Waals surface area contributed by atoms with E-state index in [4.69, 9.17) is 16.3 Å². The fourth-order valence-corrected chi connectivity index (χ4v) is 1.20. The van der Waals surface area contributed by atoms with Gasteiger partial charge in [0.1, 0.15) is 10.9 Å². The van der Waals surface area contributed by atoms with E-state index in [1.165, 1.54) is 0 Å². The highest BCUT2D eigenvalue weighted by Crippen LogP contribution is 2.13. The first-order valence-electron chi connectivity index (χ1n) is 4.12. The number of benzene rings is 1. The minimum Gasteiger partial charge on any atom is -0.497 e. The maximum atomic E-state index is 5.91. The second-order valence-corrected chi connectivity index (χ2v) is 2.85. The molecule has 0 N–H and O–H groups in total. The molecule has 0 fully saturated rings. The van der Waals surface area contributed by atoms with E-state index in [2.05, 4.69) is 4.99 Å². The Morgan fingerprint density at radius 3 is 2.46 bits per heavy atom. The molecular formula is C10H12ClNO. The highest BCUT2D eigenvalue weighted by Gasteiger charge is 1.98. The van der Waals surface area contributed by atoms with E-state index in [9.17, 15) is 0 Å². The maximum Gasteiger partial charge on any atom is 0.130 e. The number of ether oxygens (including phenoxy) is 1. The van der Waals surface area contributed by atoms with Crippen molar-refractivity contribution in [3.63, 3.8) is 0 Å². The molecule has 13 heavy (non-hydrogen) atoms. The Bertz CT molecular complexity index is 292. The molecule has 0 spiro atoms. The van der Waals surface area contributed by atoms with Gasteiger partial charge in [0.25, 0.3) is 0 Å². The molecule has 1 rings (SSSR count). The van der Waals surface area contributed by atoms with Gasteiger partial charge in [-0.05, 0) is 31.2 Å². The monoisotopic (exact) mass is 197 g/mol. The summed E-state index contributed by atoms with van der Waals surface area (Å²) in [7, 11) is 1.64. The molecule has 0 aromatic heterocycles. The molecule has 0 saturated heterocycles. The van der Waals surface area contributed by atoms with Crippen LogP contribution < -0.4 is 4.74 Å². The number of aliphatic imine (C=N–C) groups is 1. The van der Waals surface area contributed by atoms with Crippen LogP contribution in [-0.2, 0) is 0 Å². The summed E-state index contributed by atoms with van der Waals surface area (Å²) >= 11 is 5.91. The van der Waals surface area contributed by atoms with Gasteiger partial charge in [-0.2, -0.15) is 0 Å². The number of hydrogen-bond acceptors (Lipinski definition) is 2. The van der Waals surface area contributed by atoms with Crippen LogP contribution in [0.3, 0.4) is 0 Å². The van der Waals surface area contributed by atoms with Crippen LogP contribution in [0.5, 0.6) is 5.75 Å². The first-order chi connectivity index (χ1) is 6.27. The third kappa shape index (κ3) is 2.74. The molecule has 0 atom stereocenters. The summed E-state index contributed by atoms with van der Waals surface area (Å²) in [5.41, 5.74) is 0.921. The summed E-state index contributed by atoms with van der Waals surface area (Å²) in [6.07, 6.45) is 0. The third-order valence-corrected chi connectivity index (χ3v) is 1.96.